The van der Waals surface area contributed by atoms with Gasteiger partial charge in [0.25, 0.3) is 0 Å². The highest BCUT2D eigenvalue weighted by molar-refractivity contribution is 5.68. The lowest BCUT2D eigenvalue weighted by Gasteiger charge is -2.20. The van der Waals surface area contributed by atoms with Crippen LogP contribution in [0, 0.1) is 11.8 Å². The summed E-state index contributed by atoms with van der Waals surface area (Å²) in [6.07, 6.45) is -0.936. The van der Waals surface area contributed by atoms with Crippen molar-refractivity contribution in [2.75, 3.05) is 13.2 Å². The van der Waals surface area contributed by atoms with Gasteiger partial charge in [-0.1, -0.05) is 24.0 Å². The monoisotopic (exact) mass is 305 g/mol. The van der Waals surface area contributed by atoms with Crippen LogP contribution in [0.1, 0.15) is 44.4 Å². The Morgan fingerprint density at radius 3 is 2.77 bits per heavy atom. The number of hydrogen-bond acceptors (Lipinski definition) is 4. The van der Waals surface area contributed by atoms with Gasteiger partial charge in [-0.05, 0) is 38.5 Å². The molecule has 1 amide bonds. The molecule has 0 aromatic heterocycles. The van der Waals surface area contributed by atoms with E-state index in [1.54, 1.807) is 24.3 Å². The lowest BCUT2D eigenvalue weighted by atomic mass is 10.0. The number of aliphatic hydroxyl groups is 2. The molecule has 1 rings (SSSR count). The molecule has 0 fully saturated rings. The first-order chi connectivity index (χ1) is 10.3. The van der Waals surface area contributed by atoms with Gasteiger partial charge in [-0.15, -0.1) is 0 Å². The average Bonchev–Trinajstić information content (AvgIpc) is 2.43. The molecule has 0 aliphatic carbocycles. The highest BCUT2D eigenvalue weighted by Gasteiger charge is 2.15. The molecule has 5 heteroatoms. The van der Waals surface area contributed by atoms with Crippen LogP contribution in [-0.2, 0) is 4.74 Å². The standard InChI is InChI=1S/C17H23NO4/c1-17(2,3)18-16(21)22-11-9-15(20)14-8-4-6-13(12-14)7-5-10-19/h4,6,8,12,15,19-20H,9-11H2,1-3H3,(H,18,21). The van der Waals surface area contributed by atoms with E-state index in [2.05, 4.69) is 17.2 Å². The highest BCUT2D eigenvalue weighted by Crippen LogP contribution is 2.17. The van der Waals surface area contributed by atoms with E-state index >= 15 is 0 Å². The summed E-state index contributed by atoms with van der Waals surface area (Å²) in [5.74, 6) is 5.34. The summed E-state index contributed by atoms with van der Waals surface area (Å²) in [6, 6.07) is 7.12. The molecule has 0 aliphatic rings. The van der Waals surface area contributed by atoms with E-state index in [1.165, 1.54) is 0 Å². The first kappa shape index (κ1) is 18.0. The maximum atomic E-state index is 11.5. The van der Waals surface area contributed by atoms with E-state index in [-0.39, 0.29) is 18.8 Å². The van der Waals surface area contributed by atoms with Crippen LogP contribution in [0.5, 0.6) is 0 Å². The Labute approximate surface area is 131 Å². The molecule has 22 heavy (non-hydrogen) atoms. The number of rotatable bonds is 4. The van der Waals surface area contributed by atoms with E-state index in [0.29, 0.717) is 12.0 Å². The van der Waals surface area contributed by atoms with Crippen molar-refractivity contribution in [3.05, 3.63) is 35.4 Å². The van der Waals surface area contributed by atoms with Crippen LogP contribution >= 0.6 is 0 Å². The van der Waals surface area contributed by atoms with E-state index in [1.807, 2.05) is 20.8 Å². The Bertz CT molecular complexity index is 552. The van der Waals surface area contributed by atoms with Gasteiger partial charge in [0.15, 0.2) is 0 Å². The number of carbonyl (C=O) groups excluding carboxylic acids is 1. The number of hydrogen-bond donors (Lipinski definition) is 3. The summed E-state index contributed by atoms with van der Waals surface area (Å²) in [7, 11) is 0. The van der Waals surface area contributed by atoms with E-state index in [4.69, 9.17) is 9.84 Å². The zero-order valence-electron chi connectivity index (χ0n) is 13.2. The van der Waals surface area contributed by atoms with Crippen molar-refractivity contribution in [1.82, 2.24) is 5.32 Å². The molecule has 1 aromatic carbocycles. The summed E-state index contributed by atoms with van der Waals surface area (Å²) in [5, 5.41) is 21.5. The number of ether oxygens (including phenoxy) is 1. The molecule has 1 aromatic rings. The van der Waals surface area contributed by atoms with E-state index < -0.39 is 12.2 Å². The number of amides is 1. The number of carbonyl (C=O) groups is 1. The van der Waals surface area contributed by atoms with Gasteiger partial charge in [0.2, 0.25) is 0 Å². The largest absolute Gasteiger partial charge is 0.449 e. The van der Waals surface area contributed by atoms with Gasteiger partial charge < -0.3 is 20.3 Å². The van der Waals surface area contributed by atoms with Crippen LogP contribution in [0.15, 0.2) is 24.3 Å². The lowest BCUT2D eigenvalue weighted by molar-refractivity contribution is 0.101. The molecule has 0 heterocycles. The fourth-order valence-electron chi connectivity index (χ4n) is 1.74. The predicted molar refractivity (Wildman–Crippen MR) is 84.2 cm³/mol. The van der Waals surface area contributed by atoms with Gasteiger partial charge in [-0.3, -0.25) is 0 Å². The third-order valence-corrected chi connectivity index (χ3v) is 2.68. The third kappa shape index (κ3) is 7.11. The fraction of sp³-hybridized carbons (Fsp3) is 0.471. The first-order valence-electron chi connectivity index (χ1n) is 7.14. The van der Waals surface area contributed by atoms with Crippen molar-refractivity contribution < 1.29 is 19.7 Å². The van der Waals surface area contributed by atoms with Crippen LogP contribution in [0.2, 0.25) is 0 Å². The molecule has 1 unspecified atom stereocenters. The summed E-state index contributed by atoms with van der Waals surface area (Å²) >= 11 is 0. The van der Waals surface area contributed by atoms with E-state index in [9.17, 15) is 9.90 Å². The van der Waals surface area contributed by atoms with Crippen LogP contribution < -0.4 is 5.32 Å². The number of benzene rings is 1. The van der Waals surface area contributed by atoms with Crippen molar-refractivity contribution in [2.45, 2.75) is 38.8 Å². The minimum Gasteiger partial charge on any atom is -0.449 e. The molecule has 3 N–H and O–H groups in total. The van der Waals surface area contributed by atoms with E-state index in [0.717, 1.165) is 5.56 Å². The van der Waals surface area contributed by atoms with Crippen molar-refractivity contribution in [1.29, 1.82) is 0 Å². The Kier molecular flexibility index (Phi) is 6.90. The molecule has 0 saturated carbocycles. The maximum absolute atomic E-state index is 11.5. The average molecular weight is 305 g/mol. The quantitative estimate of drug-likeness (QED) is 0.743. The van der Waals surface area contributed by atoms with Gasteiger partial charge in [0, 0.05) is 17.5 Å². The van der Waals surface area contributed by atoms with Crippen molar-refractivity contribution in [3.8, 4) is 11.8 Å². The van der Waals surface area contributed by atoms with Crippen molar-refractivity contribution >= 4 is 6.09 Å². The SMILES string of the molecule is CC(C)(C)NC(=O)OCCC(O)c1cccc(C#CCO)c1. The summed E-state index contributed by atoms with van der Waals surface area (Å²) in [6.45, 7) is 5.51. The van der Waals surface area contributed by atoms with Gasteiger partial charge >= 0.3 is 6.09 Å². The summed E-state index contributed by atoms with van der Waals surface area (Å²) < 4.78 is 5.03. The van der Waals surface area contributed by atoms with Gasteiger partial charge in [0.05, 0.1) is 12.7 Å². The second-order valence-electron chi connectivity index (χ2n) is 5.90. The zero-order chi connectivity index (χ0) is 16.6. The third-order valence-electron chi connectivity index (χ3n) is 2.68. The van der Waals surface area contributed by atoms with Crippen LogP contribution in [0.4, 0.5) is 4.79 Å². The molecular weight excluding hydrogens is 282 g/mol. The number of aliphatic hydroxyl groups excluding tert-OH is 2. The Hall–Kier alpha value is -2.03. The summed E-state index contributed by atoms with van der Waals surface area (Å²) in [4.78, 5) is 11.5. The molecule has 0 bridgehead atoms. The molecule has 0 spiro atoms. The van der Waals surface area contributed by atoms with Crippen LogP contribution in [0.3, 0.4) is 0 Å². The zero-order valence-corrected chi connectivity index (χ0v) is 13.2. The second kappa shape index (κ2) is 8.42. The minimum absolute atomic E-state index is 0.121. The highest BCUT2D eigenvalue weighted by atomic mass is 16.5. The Morgan fingerprint density at radius 2 is 2.14 bits per heavy atom. The lowest BCUT2D eigenvalue weighted by Crippen LogP contribution is -2.41. The molecule has 0 saturated heterocycles. The summed E-state index contributed by atoms with van der Waals surface area (Å²) in [5.41, 5.74) is 1.07. The molecular formula is C17H23NO4. The molecule has 120 valence electrons. The minimum atomic E-state index is -0.738. The molecule has 1 atom stereocenters. The fourth-order valence-corrected chi connectivity index (χ4v) is 1.74. The first-order valence-corrected chi connectivity index (χ1v) is 7.14. The van der Waals surface area contributed by atoms with Gasteiger partial charge in [-0.25, -0.2) is 4.79 Å². The van der Waals surface area contributed by atoms with Crippen LogP contribution in [-0.4, -0.2) is 35.1 Å². The predicted octanol–water partition coefficient (Wildman–Crippen LogP) is 1.98. The van der Waals surface area contributed by atoms with Gasteiger partial charge in [-0.2, -0.15) is 0 Å². The van der Waals surface area contributed by atoms with Gasteiger partial charge in [0.1, 0.15) is 6.61 Å². The molecule has 0 radical (unpaired) electrons. The Balaban J connectivity index is 2.49. The number of nitrogens with one attached hydrogen (secondary N) is 1. The van der Waals surface area contributed by atoms with Crippen LogP contribution in [0.25, 0.3) is 0 Å². The molecule has 5 nitrogen and oxygen atoms in total. The topological polar surface area (TPSA) is 78.8 Å². The number of alkyl carbamates (subject to hydrolysis) is 1. The Morgan fingerprint density at radius 1 is 1.41 bits per heavy atom. The normalized spacial score (nSPS) is 12.0. The smallest absolute Gasteiger partial charge is 0.407 e. The second-order valence-corrected chi connectivity index (χ2v) is 5.90. The molecule has 0 aliphatic heterocycles. The maximum Gasteiger partial charge on any atom is 0.407 e. The van der Waals surface area contributed by atoms with Crippen molar-refractivity contribution in [3.63, 3.8) is 0 Å². The van der Waals surface area contributed by atoms with Crippen molar-refractivity contribution in [2.24, 2.45) is 0 Å².